The molecule has 2 aromatic heterocycles. The average molecular weight is 775 g/mol. The number of aromatic nitrogens is 2. The van der Waals surface area contributed by atoms with E-state index in [-0.39, 0.29) is 84.2 Å². The van der Waals surface area contributed by atoms with E-state index in [1.807, 2.05) is 44.4 Å². The van der Waals surface area contributed by atoms with Crippen LogP contribution in [-0.4, -0.2) is 91.7 Å². The van der Waals surface area contributed by atoms with Gasteiger partial charge in [0.05, 0.1) is 40.2 Å². The Hall–Kier alpha value is -4.76. The Labute approximate surface area is 322 Å². The number of amides is 3. The number of likely N-dealkylation sites (tertiary alicyclic amines) is 1. The monoisotopic (exact) mass is 774 g/mol. The van der Waals surface area contributed by atoms with Crippen molar-refractivity contribution in [3.05, 3.63) is 62.9 Å². The van der Waals surface area contributed by atoms with Crippen molar-refractivity contribution in [2.75, 3.05) is 26.1 Å². The standard InChI is InChI=1S/C40H46N4O10S/c1-5-40(51)29-16-31-34-27(19-43(31)35(46)28(29)20-52-38(40)49)25(26-8-6-7-9-30(26)41-34)14-15-42(22(2)3)39(50)54-21-53-37(48)24-12-10-23(11-13-24)18-44-33(45)17-32(55-4)36(44)47/h6-9,16,22-24,32,51H,5,10-15,17-21H2,1-4H3/t23?,24?,32?,40-/m0/s1. The molecule has 4 aliphatic rings. The summed E-state index contributed by atoms with van der Waals surface area (Å²) in [4.78, 5) is 85.5. The molecule has 0 radical (unpaired) electrons. The molecule has 1 aliphatic carbocycles. The summed E-state index contributed by atoms with van der Waals surface area (Å²) in [6.45, 7) is 5.50. The van der Waals surface area contributed by atoms with Crippen molar-refractivity contribution < 1.29 is 43.3 Å². The van der Waals surface area contributed by atoms with Crippen LogP contribution in [0.4, 0.5) is 4.79 Å². The highest BCUT2D eigenvalue weighted by atomic mass is 32.2. The van der Waals surface area contributed by atoms with Gasteiger partial charge in [-0.1, -0.05) is 25.1 Å². The minimum absolute atomic E-state index is 0.0401. The quantitative estimate of drug-likeness (QED) is 0.130. The number of ether oxygens (including phenoxy) is 3. The predicted molar refractivity (Wildman–Crippen MR) is 202 cm³/mol. The van der Waals surface area contributed by atoms with Crippen molar-refractivity contribution in [3.8, 4) is 11.4 Å². The molecule has 0 spiro atoms. The summed E-state index contributed by atoms with van der Waals surface area (Å²) in [6.07, 6.45) is 4.37. The van der Waals surface area contributed by atoms with E-state index in [1.54, 1.807) is 22.5 Å². The van der Waals surface area contributed by atoms with Crippen LogP contribution in [0.1, 0.15) is 81.5 Å². The van der Waals surface area contributed by atoms with Crippen LogP contribution in [-0.2, 0) is 58.6 Å². The number of pyridine rings is 2. The van der Waals surface area contributed by atoms with Gasteiger partial charge in [-0.3, -0.25) is 24.1 Å². The van der Waals surface area contributed by atoms with Gasteiger partial charge >= 0.3 is 18.0 Å². The van der Waals surface area contributed by atoms with Crippen LogP contribution < -0.4 is 5.56 Å². The minimum atomic E-state index is -1.94. The van der Waals surface area contributed by atoms with Gasteiger partial charge in [-0.05, 0) is 82.2 Å². The highest BCUT2D eigenvalue weighted by molar-refractivity contribution is 8.00. The van der Waals surface area contributed by atoms with E-state index in [2.05, 4.69) is 0 Å². The molecule has 3 aliphatic heterocycles. The molecule has 14 nitrogen and oxygen atoms in total. The number of rotatable bonds is 11. The summed E-state index contributed by atoms with van der Waals surface area (Å²) in [6, 6.07) is 9.04. The van der Waals surface area contributed by atoms with Crippen molar-refractivity contribution >= 4 is 52.5 Å². The van der Waals surface area contributed by atoms with Gasteiger partial charge in [-0.25, -0.2) is 14.6 Å². The Morgan fingerprint density at radius 3 is 2.53 bits per heavy atom. The van der Waals surface area contributed by atoms with Crippen molar-refractivity contribution in [1.29, 1.82) is 0 Å². The first-order valence-electron chi connectivity index (χ1n) is 18.9. The van der Waals surface area contributed by atoms with Gasteiger partial charge in [0.25, 0.3) is 5.56 Å². The van der Waals surface area contributed by atoms with Crippen molar-refractivity contribution in [1.82, 2.24) is 19.4 Å². The Balaban J connectivity index is 0.998. The van der Waals surface area contributed by atoms with E-state index in [0.717, 1.165) is 16.5 Å². The van der Waals surface area contributed by atoms with E-state index in [0.29, 0.717) is 55.6 Å². The molecule has 2 fully saturated rings. The van der Waals surface area contributed by atoms with Gasteiger partial charge in [0.1, 0.15) is 6.61 Å². The van der Waals surface area contributed by atoms with Crippen LogP contribution in [0, 0.1) is 11.8 Å². The molecule has 15 heteroatoms. The molecular weight excluding hydrogens is 729 g/mol. The molecular formula is C40H46N4O10S. The number of thioether (sulfide) groups is 1. The number of nitrogens with zero attached hydrogens (tertiary/aromatic N) is 4. The van der Waals surface area contributed by atoms with Crippen molar-refractivity contribution in [2.24, 2.45) is 11.8 Å². The largest absolute Gasteiger partial charge is 0.458 e. The minimum Gasteiger partial charge on any atom is -0.458 e. The SMILES string of the molecule is CC[C@@]1(O)C(=O)OCc2c1cc1n(c2=O)Cc2c-1nc1ccccc1c2CCN(C(=O)OCOC(=O)C1CCC(CN2C(=O)CC(SC)C2=O)CC1)C(C)C. The molecule has 5 heterocycles. The second-order valence-corrected chi connectivity index (χ2v) is 16.1. The fraction of sp³-hybridized carbons (Fsp3) is 0.525. The number of benzene rings is 1. The molecule has 7 rings (SSSR count). The van der Waals surface area contributed by atoms with E-state index in [1.165, 1.54) is 16.7 Å². The smallest absolute Gasteiger partial charge is 0.412 e. The first kappa shape index (κ1) is 38.5. The van der Waals surface area contributed by atoms with Crippen LogP contribution in [0.25, 0.3) is 22.3 Å². The first-order chi connectivity index (χ1) is 26.4. The van der Waals surface area contributed by atoms with Gasteiger partial charge in [-0.2, -0.15) is 11.8 Å². The number of fused-ring (bicyclic) bond motifs is 5. The summed E-state index contributed by atoms with van der Waals surface area (Å²) in [5.74, 6) is -1.71. The summed E-state index contributed by atoms with van der Waals surface area (Å²) < 4.78 is 17.7. The number of cyclic esters (lactones) is 1. The molecule has 55 heavy (non-hydrogen) atoms. The van der Waals surface area contributed by atoms with Gasteiger partial charge in [0.2, 0.25) is 18.6 Å². The van der Waals surface area contributed by atoms with Crippen molar-refractivity contribution in [3.63, 3.8) is 0 Å². The zero-order valence-electron chi connectivity index (χ0n) is 31.5. The van der Waals surface area contributed by atoms with Crippen molar-refractivity contribution in [2.45, 2.75) is 95.8 Å². The molecule has 292 valence electrons. The third-order valence-electron chi connectivity index (χ3n) is 11.7. The van der Waals surface area contributed by atoms with Crippen LogP contribution in [0.5, 0.6) is 0 Å². The Morgan fingerprint density at radius 2 is 1.84 bits per heavy atom. The maximum Gasteiger partial charge on any atom is 0.412 e. The number of esters is 2. The van der Waals surface area contributed by atoms with E-state index in [9.17, 15) is 33.9 Å². The summed E-state index contributed by atoms with van der Waals surface area (Å²) in [7, 11) is 0. The zero-order chi connectivity index (χ0) is 39.2. The number of imide groups is 1. The molecule has 1 unspecified atom stereocenters. The number of carbonyl (C=O) groups excluding carboxylic acids is 5. The molecule has 1 aromatic carbocycles. The van der Waals surface area contributed by atoms with Crippen LogP contribution >= 0.6 is 11.8 Å². The Kier molecular flexibility index (Phi) is 10.8. The number of para-hydroxylation sites is 1. The topological polar surface area (TPSA) is 175 Å². The number of aliphatic hydroxyl groups is 1. The summed E-state index contributed by atoms with van der Waals surface area (Å²) in [5.41, 5.74) is 1.69. The second kappa shape index (κ2) is 15.4. The van der Waals surface area contributed by atoms with Gasteiger partial charge in [0.15, 0.2) is 5.60 Å². The lowest BCUT2D eigenvalue weighted by Crippen LogP contribution is -2.44. The van der Waals surface area contributed by atoms with E-state index < -0.39 is 30.4 Å². The molecule has 0 bridgehead atoms. The predicted octanol–water partition coefficient (Wildman–Crippen LogP) is 4.27. The molecule has 1 N–H and O–H groups in total. The van der Waals surface area contributed by atoms with E-state index in [4.69, 9.17) is 19.2 Å². The maximum atomic E-state index is 13.8. The highest BCUT2D eigenvalue weighted by Gasteiger charge is 2.46. The lowest BCUT2D eigenvalue weighted by atomic mass is 9.82. The molecule has 1 saturated carbocycles. The fourth-order valence-electron chi connectivity index (χ4n) is 8.40. The first-order valence-corrected chi connectivity index (χ1v) is 20.2. The van der Waals surface area contributed by atoms with E-state index >= 15 is 0 Å². The third-order valence-corrected chi connectivity index (χ3v) is 12.6. The van der Waals surface area contributed by atoms with Gasteiger partial charge < -0.3 is 28.8 Å². The maximum absolute atomic E-state index is 13.8. The lowest BCUT2D eigenvalue weighted by molar-refractivity contribution is -0.172. The van der Waals surface area contributed by atoms with Gasteiger partial charge in [-0.15, -0.1) is 0 Å². The molecule has 3 aromatic rings. The summed E-state index contributed by atoms with van der Waals surface area (Å²) >= 11 is 1.39. The average Bonchev–Trinajstić information content (AvgIpc) is 3.68. The number of hydrogen-bond donors (Lipinski definition) is 1. The fourth-order valence-corrected chi connectivity index (χ4v) is 9.04. The Morgan fingerprint density at radius 1 is 1.09 bits per heavy atom. The number of carbonyl (C=O) groups is 5. The normalized spacial score (nSPS) is 23.1. The second-order valence-electron chi connectivity index (χ2n) is 15.1. The molecule has 2 atom stereocenters. The lowest BCUT2D eigenvalue weighted by Gasteiger charge is -2.31. The molecule has 3 amide bonds. The van der Waals surface area contributed by atoms with Crippen LogP contribution in [0.15, 0.2) is 35.1 Å². The third kappa shape index (κ3) is 7.01. The highest BCUT2D eigenvalue weighted by Crippen LogP contribution is 2.40. The Bertz CT molecular complexity index is 2130. The number of hydrogen-bond acceptors (Lipinski definition) is 12. The van der Waals surface area contributed by atoms with Crippen LogP contribution in [0.2, 0.25) is 0 Å². The van der Waals surface area contributed by atoms with Gasteiger partial charge in [0, 0.05) is 42.1 Å². The van der Waals surface area contributed by atoms with Crippen LogP contribution in [0.3, 0.4) is 0 Å². The summed E-state index contributed by atoms with van der Waals surface area (Å²) in [5, 5.41) is 11.8. The molecule has 1 saturated heterocycles. The zero-order valence-corrected chi connectivity index (χ0v) is 32.3.